The lowest BCUT2D eigenvalue weighted by molar-refractivity contribution is -0.143. The van der Waals surface area contributed by atoms with Crippen LogP contribution in [0.5, 0.6) is 0 Å². The van der Waals surface area contributed by atoms with E-state index in [9.17, 15) is 19.2 Å². The van der Waals surface area contributed by atoms with Crippen molar-refractivity contribution >= 4 is 23.9 Å². The zero-order valence-electron chi connectivity index (χ0n) is 14.0. The summed E-state index contributed by atoms with van der Waals surface area (Å²) in [5.41, 5.74) is 10.8. The number of aliphatic hydroxyl groups is 1. The van der Waals surface area contributed by atoms with Gasteiger partial charge in [0, 0.05) is 12.6 Å². The molecule has 0 spiro atoms. The molecule has 0 aromatic heterocycles. The SMILES string of the molecule is NCC[C@@H](N)CCCO.O=C(O)CCC(=O)O.O=C(O)CCC(=O)O. The maximum Gasteiger partial charge on any atom is 0.303 e. The van der Waals surface area contributed by atoms with Gasteiger partial charge in [0.2, 0.25) is 0 Å². The topological polar surface area (TPSA) is 221 Å². The molecule has 0 fully saturated rings. The Morgan fingerprint density at radius 1 is 0.720 bits per heavy atom. The lowest BCUT2D eigenvalue weighted by Crippen LogP contribution is -2.23. The Labute approximate surface area is 145 Å². The fourth-order valence-electron chi connectivity index (χ4n) is 1.14. The summed E-state index contributed by atoms with van der Waals surface area (Å²) in [5.74, 6) is -4.31. The van der Waals surface area contributed by atoms with Gasteiger partial charge < -0.3 is 37.0 Å². The Kier molecular flexibility index (Phi) is 21.9. The second-order valence-electron chi connectivity index (χ2n) is 4.78. The van der Waals surface area contributed by atoms with Crippen LogP contribution in [0.4, 0.5) is 0 Å². The molecule has 0 aromatic rings. The van der Waals surface area contributed by atoms with Crippen molar-refractivity contribution in [1.29, 1.82) is 0 Å². The fraction of sp³-hybridized carbons (Fsp3) is 0.714. The molecular formula is C14H28N2O9. The lowest BCUT2D eigenvalue weighted by Gasteiger charge is -2.07. The summed E-state index contributed by atoms with van der Waals surface area (Å²) in [4.78, 5) is 38.6. The summed E-state index contributed by atoms with van der Waals surface area (Å²) in [6, 6.07) is 0.183. The minimum absolute atomic E-state index is 0.183. The van der Waals surface area contributed by atoms with Crippen LogP contribution in [-0.2, 0) is 19.2 Å². The molecule has 0 amide bonds. The lowest BCUT2D eigenvalue weighted by atomic mass is 10.1. The van der Waals surface area contributed by atoms with Crippen LogP contribution in [0.15, 0.2) is 0 Å². The number of aliphatic hydroxyl groups excluding tert-OH is 1. The Morgan fingerprint density at radius 3 is 1.24 bits per heavy atom. The zero-order valence-corrected chi connectivity index (χ0v) is 14.0. The molecule has 0 aliphatic rings. The Bertz CT molecular complexity index is 332. The Hall–Kier alpha value is -2.24. The normalized spacial score (nSPS) is 10.4. The van der Waals surface area contributed by atoms with E-state index < -0.39 is 23.9 Å². The Balaban J connectivity index is -0.000000291. The van der Waals surface area contributed by atoms with E-state index in [0.717, 1.165) is 19.3 Å². The standard InChI is InChI=1S/C6H16N2O.2C4H6O4/c7-4-3-6(8)2-1-5-9;2*5-3(6)1-2-4(7)8/h6,9H,1-5,7-8H2;2*1-2H2,(H,5,6)(H,7,8)/t6-;;/m0../s1. The zero-order chi connectivity index (χ0) is 20.3. The van der Waals surface area contributed by atoms with Gasteiger partial charge in [0.1, 0.15) is 0 Å². The summed E-state index contributed by atoms with van der Waals surface area (Å²) in [6.45, 7) is 0.880. The molecule has 0 radical (unpaired) electrons. The molecular weight excluding hydrogens is 340 g/mol. The van der Waals surface area contributed by atoms with Gasteiger partial charge in [0.05, 0.1) is 25.7 Å². The molecule has 0 heterocycles. The van der Waals surface area contributed by atoms with E-state index >= 15 is 0 Å². The third-order valence-corrected chi connectivity index (χ3v) is 2.38. The maximum atomic E-state index is 9.64. The van der Waals surface area contributed by atoms with Crippen LogP contribution in [0, 0.1) is 0 Å². The third kappa shape index (κ3) is 39.0. The number of nitrogens with two attached hydrogens (primary N) is 2. The molecule has 0 rings (SSSR count). The van der Waals surface area contributed by atoms with Gasteiger partial charge in [-0.25, -0.2) is 0 Å². The van der Waals surface area contributed by atoms with Gasteiger partial charge in [-0.3, -0.25) is 19.2 Å². The number of carboxylic acids is 4. The van der Waals surface area contributed by atoms with Gasteiger partial charge in [-0.1, -0.05) is 0 Å². The minimum Gasteiger partial charge on any atom is -0.481 e. The van der Waals surface area contributed by atoms with Crippen molar-refractivity contribution in [3.63, 3.8) is 0 Å². The van der Waals surface area contributed by atoms with Crippen molar-refractivity contribution in [3.05, 3.63) is 0 Å². The monoisotopic (exact) mass is 368 g/mol. The fourth-order valence-corrected chi connectivity index (χ4v) is 1.14. The molecule has 0 saturated carbocycles. The van der Waals surface area contributed by atoms with Gasteiger partial charge in [-0.2, -0.15) is 0 Å². The quantitative estimate of drug-likeness (QED) is 0.241. The highest BCUT2D eigenvalue weighted by molar-refractivity contribution is 5.75. The number of hydrogen-bond donors (Lipinski definition) is 7. The van der Waals surface area contributed by atoms with Gasteiger partial charge in [0.15, 0.2) is 0 Å². The molecule has 11 nitrogen and oxygen atoms in total. The van der Waals surface area contributed by atoms with Crippen molar-refractivity contribution in [2.45, 2.75) is 51.0 Å². The number of rotatable bonds is 11. The van der Waals surface area contributed by atoms with E-state index in [1.165, 1.54) is 0 Å². The molecule has 11 heteroatoms. The third-order valence-electron chi connectivity index (χ3n) is 2.38. The van der Waals surface area contributed by atoms with E-state index in [-0.39, 0.29) is 38.3 Å². The van der Waals surface area contributed by atoms with Gasteiger partial charge in [-0.15, -0.1) is 0 Å². The van der Waals surface area contributed by atoms with E-state index in [1.54, 1.807) is 0 Å². The highest BCUT2D eigenvalue weighted by Crippen LogP contribution is 1.95. The minimum atomic E-state index is -1.08. The first-order valence-corrected chi connectivity index (χ1v) is 7.50. The average molecular weight is 368 g/mol. The molecule has 0 bridgehead atoms. The smallest absolute Gasteiger partial charge is 0.303 e. The van der Waals surface area contributed by atoms with E-state index in [0.29, 0.717) is 6.54 Å². The summed E-state index contributed by atoms with van der Waals surface area (Å²) in [5, 5.41) is 40.0. The molecule has 0 aliphatic carbocycles. The van der Waals surface area contributed by atoms with Crippen LogP contribution in [0.1, 0.15) is 44.9 Å². The van der Waals surface area contributed by atoms with E-state index in [1.807, 2.05) is 0 Å². The predicted octanol–water partition coefficient (Wildman–Crippen LogP) is -0.693. The second kappa shape index (κ2) is 19.8. The highest BCUT2D eigenvalue weighted by Gasteiger charge is 2.01. The first kappa shape index (κ1) is 27.6. The summed E-state index contributed by atoms with van der Waals surface area (Å²) in [6.07, 6.45) is 1.35. The van der Waals surface area contributed by atoms with Crippen LogP contribution >= 0.6 is 0 Å². The highest BCUT2D eigenvalue weighted by atomic mass is 16.4. The predicted molar refractivity (Wildman–Crippen MR) is 87.0 cm³/mol. The average Bonchev–Trinajstić information content (AvgIpc) is 2.50. The Morgan fingerprint density at radius 2 is 1.04 bits per heavy atom. The summed E-state index contributed by atoms with van der Waals surface area (Å²) >= 11 is 0. The van der Waals surface area contributed by atoms with Crippen LogP contribution in [0.2, 0.25) is 0 Å². The number of carbonyl (C=O) groups is 4. The molecule has 0 aromatic carbocycles. The van der Waals surface area contributed by atoms with Crippen molar-refractivity contribution in [2.24, 2.45) is 11.5 Å². The first-order chi connectivity index (χ1) is 11.6. The van der Waals surface area contributed by atoms with Crippen LogP contribution in [0.3, 0.4) is 0 Å². The molecule has 1 atom stereocenters. The van der Waals surface area contributed by atoms with Gasteiger partial charge in [-0.05, 0) is 25.8 Å². The molecule has 9 N–H and O–H groups in total. The maximum absolute atomic E-state index is 9.64. The molecule has 0 saturated heterocycles. The molecule has 25 heavy (non-hydrogen) atoms. The van der Waals surface area contributed by atoms with E-state index in [2.05, 4.69) is 0 Å². The molecule has 0 aliphatic heterocycles. The van der Waals surface area contributed by atoms with Gasteiger partial charge >= 0.3 is 23.9 Å². The van der Waals surface area contributed by atoms with Gasteiger partial charge in [0.25, 0.3) is 0 Å². The summed E-state index contributed by atoms with van der Waals surface area (Å²) < 4.78 is 0. The summed E-state index contributed by atoms with van der Waals surface area (Å²) in [7, 11) is 0. The number of aliphatic carboxylic acids is 4. The van der Waals surface area contributed by atoms with Crippen molar-refractivity contribution in [1.82, 2.24) is 0 Å². The van der Waals surface area contributed by atoms with Crippen molar-refractivity contribution in [2.75, 3.05) is 13.2 Å². The van der Waals surface area contributed by atoms with E-state index in [4.69, 9.17) is 37.0 Å². The largest absolute Gasteiger partial charge is 0.481 e. The number of carboxylic acid groups (broad SMARTS) is 4. The van der Waals surface area contributed by atoms with Crippen molar-refractivity contribution in [3.8, 4) is 0 Å². The first-order valence-electron chi connectivity index (χ1n) is 7.50. The molecule has 0 unspecified atom stereocenters. The van der Waals surface area contributed by atoms with Crippen LogP contribution in [-0.4, -0.2) is 68.6 Å². The van der Waals surface area contributed by atoms with Crippen molar-refractivity contribution < 1.29 is 44.7 Å². The second-order valence-corrected chi connectivity index (χ2v) is 4.78. The van der Waals surface area contributed by atoms with Crippen LogP contribution in [0.25, 0.3) is 0 Å². The number of hydrogen-bond acceptors (Lipinski definition) is 7. The molecule has 148 valence electrons. The van der Waals surface area contributed by atoms with Crippen LogP contribution < -0.4 is 11.5 Å².